The predicted molar refractivity (Wildman–Crippen MR) is 158 cm³/mol. The van der Waals surface area contributed by atoms with Crippen LogP contribution in [0.1, 0.15) is 73.1 Å². The Morgan fingerprint density at radius 1 is 1.12 bits per heavy atom. The fourth-order valence-corrected chi connectivity index (χ4v) is 7.04. The molecule has 3 aromatic rings. The van der Waals surface area contributed by atoms with E-state index < -0.39 is 0 Å². The quantitative estimate of drug-likeness (QED) is 0.265. The number of aryl methyl sites for hydroxylation is 1. The first kappa shape index (κ1) is 29.2. The third-order valence-electron chi connectivity index (χ3n) is 8.31. The minimum atomic E-state index is -0.332. The zero-order valence-corrected chi connectivity index (χ0v) is 25.2. The molecular formula is C33H33ClN4O4. The monoisotopic (exact) mass is 584 g/mol. The molecule has 0 radical (unpaired) electrons. The summed E-state index contributed by atoms with van der Waals surface area (Å²) in [5.41, 5.74) is 3.00. The number of nitrogens with zero attached hydrogens (tertiary/aromatic N) is 4. The van der Waals surface area contributed by atoms with Gasteiger partial charge in [0.05, 0.1) is 29.5 Å². The van der Waals surface area contributed by atoms with E-state index in [1.807, 2.05) is 29.3 Å². The van der Waals surface area contributed by atoms with E-state index in [9.17, 15) is 14.9 Å². The third kappa shape index (κ3) is 5.35. The van der Waals surface area contributed by atoms with Crippen molar-refractivity contribution in [2.24, 2.45) is 10.8 Å². The first-order valence-electron chi connectivity index (χ1n) is 13.9. The van der Waals surface area contributed by atoms with Crippen molar-refractivity contribution in [1.82, 2.24) is 14.7 Å². The Balaban J connectivity index is 1.27. The molecule has 1 aliphatic heterocycles. The third-order valence-corrected chi connectivity index (χ3v) is 8.62. The summed E-state index contributed by atoms with van der Waals surface area (Å²) in [4.78, 5) is 26.9. The van der Waals surface area contributed by atoms with Crippen molar-refractivity contribution in [3.63, 3.8) is 0 Å². The molecule has 5 rings (SSSR count). The molecule has 1 fully saturated rings. The van der Waals surface area contributed by atoms with Crippen molar-refractivity contribution in [2.45, 2.75) is 65.8 Å². The van der Waals surface area contributed by atoms with Gasteiger partial charge in [-0.1, -0.05) is 51.1 Å². The Hall–Kier alpha value is -4.27. The maximum absolute atomic E-state index is 13.6. The minimum absolute atomic E-state index is 0.0174. The molecule has 8 nitrogen and oxygen atoms in total. The molecule has 0 spiro atoms. The molecule has 2 heterocycles. The Morgan fingerprint density at radius 2 is 1.86 bits per heavy atom. The summed E-state index contributed by atoms with van der Waals surface area (Å²) in [6, 6.07) is 12.9. The number of amides is 1. The molecule has 2 aliphatic rings. The van der Waals surface area contributed by atoms with Crippen LogP contribution >= 0.6 is 11.6 Å². The Labute approximate surface area is 251 Å². The van der Waals surface area contributed by atoms with Gasteiger partial charge >= 0.3 is 5.97 Å². The number of esters is 1. The van der Waals surface area contributed by atoms with Gasteiger partial charge in [0.1, 0.15) is 17.9 Å². The topological polar surface area (TPSA) is 97.5 Å². The second-order valence-corrected chi connectivity index (χ2v) is 12.4. The summed E-state index contributed by atoms with van der Waals surface area (Å²) in [5.74, 6) is 6.73. The number of rotatable bonds is 7. The molecule has 1 aromatic heterocycles. The molecule has 2 aromatic carbocycles. The van der Waals surface area contributed by atoms with Gasteiger partial charge in [0.2, 0.25) is 0 Å². The molecule has 9 heteroatoms. The minimum Gasteiger partial charge on any atom is -0.489 e. The van der Waals surface area contributed by atoms with Crippen molar-refractivity contribution in [2.75, 3.05) is 7.11 Å². The van der Waals surface area contributed by atoms with Gasteiger partial charge in [0.15, 0.2) is 0 Å². The number of carbonyl (C=O) groups is 2. The number of carbonyl (C=O) groups excluding carboxylic acids is 2. The number of hydrogen-bond acceptors (Lipinski definition) is 6. The first-order chi connectivity index (χ1) is 19.9. The van der Waals surface area contributed by atoms with E-state index in [1.165, 1.54) is 7.11 Å². The smallest absolute Gasteiger partial charge is 0.305 e. The lowest BCUT2D eigenvalue weighted by Gasteiger charge is -2.65. The molecule has 42 heavy (non-hydrogen) atoms. The summed E-state index contributed by atoms with van der Waals surface area (Å²) in [7, 11) is 1.38. The normalized spacial score (nSPS) is 19.6. The molecular weight excluding hydrogens is 552 g/mol. The van der Waals surface area contributed by atoms with Crippen LogP contribution in [0.4, 0.5) is 0 Å². The number of methoxy groups -OCH3 is 1. The van der Waals surface area contributed by atoms with Crippen LogP contribution < -0.4 is 4.74 Å². The predicted octanol–water partition coefficient (Wildman–Crippen LogP) is 5.60. The summed E-state index contributed by atoms with van der Waals surface area (Å²) < 4.78 is 12.9. The van der Waals surface area contributed by atoms with E-state index in [2.05, 4.69) is 55.4 Å². The van der Waals surface area contributed by atoms with Gasteiger partial charge in [-0.05, 0) is 42.3 Å². The van der Waals surface area contributed by atoms with E-state index in [4.69, 9.17) is 16.3 Å². The van der Waals surface area contributed by atoms with E-state index in [0.717, 1.165) is 16.7 Å². The Bertz CT molecular complexity index is 1640. The lowest BCUT2D eigenvalue weighted by molar-refractivity contribution is -0.199. The standard InChI is InChI=1S/C33H33ClN4O4/c1-32(2)30(33(3,4)31(32)42-25-12-11-23(17-35)27(34)16-25)38-20-24-15-21(10-13-26(24)29(38)40)8-9-22-18-36-37(19-22)14-6-7-28(39)41-5/h10-13,15-16,18-19,30-31H,6-7,14,20H2,1-5H3. The summed E-state index contributed by atoms with van der Waals surface area (Å²) in [6.07, 6.45) is 4.38. The van der Waals surface area contributed by atoms with Gasteiger partial charge in [-0.3, -0.25) is 14.3 Å². The summed E-state index contributed by atoms with van der Waals surface area (Å²) >= 11 is 6.24. The number of aromatic nitrogens is 2. The van der Waals surface area contributed by atoms with Crippen molar-refractivity contribution in [3.8, 4) is 23.7 Å². The van der Waals surface area contributed by atoms with Crippen molar-refractivity contribution < 1.29 is 19.1 Å². The van der Waals surface area contributed by atoms with Crippen molar-refractivity contribution in [1.29, 1.82) is 5.26 Å². The fourth-order valence-electron chi connectivity index (χ4n) is 6.82. The molecule has 1 saturated carbocycles. The molecule has 1 amide bonds. The van der Waals surface area contributed by atoms with Crippen molar-refractivity contribution in [3.05, 3.63) is 81.6 Å². The highest BCUT2D eigenvalue weighted by Crippen LogP contribution is 2.59. The maximum Gasteiger partial charge on any atom is 0.305 e. The van der Waals surface area contributed by atoms with Gasteiger partial charge in [0.25, 0.3) is 5.91 Å². The summed E-state index contributed by atoms with van der Waals surface area (Å²) in [6.45, 7) is 9.62. The average Bonchev–Trinajstić information content (AvgIpc) is 3.53. The zero-order valence-electron chi connectivity index (χ0n) is 24.4. The van der Waals surface area contributed by atoms with Gasteiger partial charge < -0.3 is 14.4 Å². The molecule has 1 aliphatic carbocycles. The van der Waals surface area contributed by atoms with Gasteiger partial charge in [-0.25, -0.2) is 0 Å². The highest BCUT2D eigenvalue weighted by atomic mass is 35.5. The van der Waals surface area contributed by atoms with Crippen LogP contribution in [-0.4, -0.2) is 45.8 Å². The van der Waals surface area contributed by atoms with Gasteiger partial charge in [-0.15, -0.1) is 0 Å². The lowest BCUT2D eigenvalue weighted by Crippen LogP contribution is -2.74. The number of nitriles is 1. The van der Waals surface area contributed by atoms with E-state index in [0.29, 0.717) is 47.8 Å². The highest BCUT2D eigenvalue weighted by molar-refractivity contribution is 6.31. The lowest BCUT2D eigenvalue weighted by atomic mass is 9.49. The van der Waals surface area contributed by atoms with Gasteiger partial charge in [0, 0.05) is 59.8 Å². The molecule has 0 atom stereocenters. The fraction of sp³-hybridized carbons (Fsp3) is 0.394. The van der Waals surface area contributed by atoms with Crippen LogP contribution in [0.5, 0.6) is 5.75 Å². The second kappa shape index (κ2) is 11.2. The van der Waals surface area contributed by atoms with Crippen molar-refractivity contribution >= 4 is 23.5 Å². The van der Waals surface area contributed by atoms with Crippen LogP contribution in [0.25, 0.3) is 0 Å². The molecule has 0 saturated heterocycles. The highest BCUT2D eigenvalue weighted by Gasteiger charge is 2.66. The average molecular weight is 585 g/mol. The summed E-state index contributed by atoms with van der Waals surface area (Å²) in [5, 5.41) is 13.9. The SMILES string of the molecule is COC(=O)CCCn1cc(C#Cc2ccc3c(c2)CN(C2C(C)(C)C(Oc4ccc(C#N)c(Cl)c4)C2(C)C)C3=O)cn1. The molecule has 0 unspecified atom stereocenters. The molecule has 216 valence electrons. The van der Waals surface area contributed by atoms with E-state index in [-0.39, 0.29) is 34.9 Å². The maximum atomic E-state index is 13.6. The van der Waals surface area contributed by atoms with Crippen LogP contribution in [0.15, 0.2) is 48.8 Å². The number of ether oxygens (including phenoxy) is 2. The van der Waals surface area contributed by atoms with Crippen LogP contribution in [0.2, 0.25) is 5.02 Å². The van der Waals surface area contributed by atoms with Crippen LogP contribution in [0, 0.1) is 34.0 Å². The zero-order chi connectivity index (χ0) is 30.2. The van der Waals surface area contributed by atoms with Gasteiger partial charge in [-0.2, -0.15) is 10.4 Å². The van der Waals surface area contributed by atoms with Crippen LogP contribution in [0.3, 0.4) is 0 Å². The number of fused-ring (bicyclic) bond motifs is 1. The number of halogens is 1. The molecule has 0 N–H and O–H groups in total. The Kier molecular flexibility index (Phi) is 7.79. The largest absolute Gasteiger partial charge is 0.489 e. The number of hydrogen-bond donors (Lipinski definition) is 0. The van der Waals surface area contributed by atoms with E-state index in [1.54, 1.807) is 29.1 Å². The number of benzene rings is 2. The van der Waals surface area contributed by atoms with Crippen LogP contribution in [-0.2, 0) is 22.6 Å². The second-order valence-electron chi connectivity index (χ2n) is 12.0. The molecule has 0 bridgehead atoms. The Morgan fingerprint density at radius 3 is 2.55 bits per heavy atom. The first-order valence-corrected chi connectivity index (χ1v) is 14.2. The van der Waals surface area contributed by atoms with E-state index >= 15 is 0 Å².